The number of hydrogen-bond donors (Lipinski definition) is 1. The predicted octanol–water partition coefficient (Wildman–Crippen LogP) is 6.84. The van der Waals surface area contributed by atoms with Gasteiger partial charge >= 0.3 is 0 Å². The van der Waals surface area contributed by atoms with Crippen LogP contribution >= 0.6 is 0 Å². The Balaban J connectivity index is 1.15. The van der Waals surface area contributed by atoms with Gasteiger partial charge in [-0.2, -0.15) is 0 Å². The lowest BCUT2D eigenvalue weighted by atomic mass is 9.82. The van der Waals surface area contributed by atoms with Crippen LogP contribution in [-0.4, -0.2) is 68.5 Å². The highest BCUT2D eigenvalue weighted by Crippen LogP contribution is 2.61. The zero-order valence-electron chi connectivity index (χ0n) is 29.3. The van der Waals surface area contributed by atoms with Crippen LogP contribution < -0.4 is 14.5 Å². The van der Waals surface area contributed by atoms with Gasteiger partial charge in [0.1, 0.15) is 5.75 Å². The first kappa shape index (κ1) is 33.6. The van der Waals surface area contributed by atoms with Crippen LogP contribution in [0.5, 0.6) is 5.75 Å². The van der Waals surface area contributed by atoms with Crippen LogP contribution in [0.3, 0.4) is 0 Å². The minimum atomic E-state index is -3.50. The summed E-state index contributed by atoms with van der Waals surface area (Å²) in [6.45, 7) is 5.70. The maximum atomic E-state index is 16.4. The van der Waals surface area contributed by atoms with Crippen LogP contribution in [-0.2, 0) is 26.5 Å². The molecule has 9 nitrogen and oxygen atoms in total. The van der Waals surface area contributed by atoms with Crippen molar-refractivity contribution in [3.8, 4) is 5.75 Å². The summed E-state index contributed by atoms with van der Waals surface area (Å²) < 4.78 is 28.9. The van der Waals surface area contributed by atoms with E-state index in [-0.39, 0.29) is 43.3 Å². The second kappa shape index (κ2) is 12.3. The summed E-state index contributed by atoms with van der Waals surface area (Å²) in [5.41, 5.74) is 2.01. The maximum absolute atomic E-state index is 16.4. The van der Waals surface area contributed by atoms with E-state index in [1.165, 1.54) is 0 Å². The topological polar surface area (TPSA) is 99.6 Å². The Kier molecular flexibility index (Phi) is 8.08. The lowest BCUT2D eigenvalue weighted by Crippen LogP contribution is -2.45. The van der Waals surface area contributed by atoms with Crippen LogP contribution in [0, 0.1) is 5.92 Å². The van der Waals surface area contributed by atoms with Gasteiger partial charge in [0.15, 0.2) is 5.60 Å². The van der Waals surface area contributed by atoms with Crippen molar-refractivity contribution in [3.63, 3.8) is 0 Å². The molecule has 3 amide bonds. The van der Waals surface area contributed by atoms with Crippen LogP contribution in [0.15, 0.2) is 78.9 Å². The number of halogens is 1. The van der Waals surface area contributed by atoms with Crippen molar-refractivity contribution >= 4 is 54.0 Å². The number of benzene rings is 4. The van der Waals surface area contributed by atoms with Crippen molar-refractivity contribution in [2.24, 2.45) is 5.92 Å². The van der Waals surface area contributed by atoms with E-state index in [0.29, 0.717) is 34.8 Å². The fourth-order valence-electron chi connectivity index (χ4n) is 9.30. The third-order valence-corrected chi connectivity index (χ3v) is 14.0. The van der Waals surface area contributed by atoms with Gasteiger partial charge in [-0.15, -0.1) is 0 Å². The number of aliphatic hydroxyl groups excluding tert-OH is 1. The molecule has 0 aliphatic carbocycles. The zero-order valence-corrected chi connectivity index (χ0v) is 30.3. The van der Waals surface area contributed by atoms with E-state index in [2.05, 4.69) is 0 Å². The fraction of sp³-hybridized carbons (Fsp3) is 0.375. The van der Waals surface area contributed by atoms with Gasteiger partial charge < -0.3 is 28.5 Å². The van der Waals surface area contributed by atoms with Crippen molar-refractivity contribution in [2.45, 2.75) is 69.1 Å². The van der Waals surface area contributed by atoms with E-state index in [0.717, 1.165) is 34.9 Å². The molecule has 4 aliphatic heterocycles. The van der Waals surface area contributed by atoms with E-state index >= 15 is 4.11 Å². The molecule has 1 spiro atoms. The first-order valence-corrected chi connectivity index (χ1v) is 20.7. The highest BCUT2D eigenvalue weighted by molar-refractivity contribution is 6.72. The highest BCUT2D eigenvalue weighted by atomic mass is 28.4. The number of amides is 3. The highest BCUT2D eigenvalue weighted by Gasteiger charge is 2.67. The first-order valence-electron chi connectivity index (χ1n) is 17.7. The molecule has 8 rings (SSSR count). The second-order valence-corrected chi connectivity index (χ2v) is 18.6. The van der Waals surface area contributed by atoms with Gasteiger partial charge in [0.05, 0.1) is 55.8 Å². The quantitative estimate of drug-likeness (QED) is 0.159. The van der Waals surface area contributed by atoms with Gasteiger partial charge in [-0.1, -0.05) is 43.3 Å². The Bertz CT molecular complexity index is 2080. The zero-order chi connectivity index (χ0) is 35.8. The minimum absolute atomic E-state index is 0.0682. The summed E-state index contributed by atoms with van der Waals surface area (Å²) in [6, 6.07) is 24.4. The van der Waals surface area contributed by atoms with Gasteiger partial charge in [0, 0.05) is 34.6 Å². The van der Waals surface area contributed by atoms with Crippen molar-refractivity contribution in [1.82, 2.24) is 4.90 Å². The molecule has 5 atom stereocenters. The molecule has 0 bridgehead atoms. The number of hydrogen-bond acceptors (Lipinski definition) is 6. The molecule has 51 heavy (non-hydrogen) atoms. The molecule has 4 heterocycles. The third-order valence-electron chi connectivity index (χ3n) is 11.5. The van der Waals surface area contributed by atoms with E-state index in [9.17, 15) is 19.5 Å². The number of anilines is 3. The molecule has 0 aromatic heterocycles. The molecule has 0 radical (unpaired) electrons. The summed E-state index contributed by atoms with van der Waals surface area (Å²) in [7, 11) is -1.95. The Morgan fingerprint density at radius 3 is 2.55 bits per heavy atom. The average molecular weight is 708 g/mol. The Labute approximate surface area is 297 Å². The summed E-state index contributed by atoms with van der Waals surface area (Å²) in [4.78, 5) is 47.5. The summed E-state index contributed by atoms with van der Waals surface area (Å²) in [5, 5.41) is 11.8. The molecule has 4 aromatic carbocycles. The van der Waals surface area contributed by atoms with Crippen molar-refractivity contribution in [2.75, 3.05) is 30.1 Å². The molecular formula is C40H42FN3O6Si. The number of nitrogens with zero attached hydrogens (tertiary/aromatic N) is 3. The molecule has 0 unspecified atom stereocenters. The molecule has 0 saturated carbocycles. The fourth-order valence-corrected chi connectivity index (χ4v) is 11.8. The van der Waals surface area contributed by atoms with Gasteiger partial charge in [0.2, 0.25) is 14.3 Å². The molecule has 4 aliphatic rings. The minimum Gasteiger partial charge on any atom is -0.497 e. The first-order chi connectivity index (χ1) is 24.5. The number of likely N-dealkylation sites (tertiary alicyclic amines) is 1. The van der Waals surface area contributed by atoms with E-state index < -0.39 is 31.6 Å². The van der Waals surface area contributed by atoms with E-state index in [1.807, 2.05) is 73.7 Å². The molecule has 4 aromatic rings. The van der Waals surface area contributed by atoms with Crippen LogP contribution in [0.2, 0.25) is 18.6 Å². The number of carbonyl (C=O) groups is 3. The van der Waals surface area contributed by atoms with E-state index in [1.54, 1.807) is 47.0 Å². The molecule has 2 saturated heterocycles. The summed E-state index contributed by atoms with van der Waals surface area (Å²) in [6.07, 6.45) is 0.626. The number of fused-ring (bicyclic) bond motifs is 2. The Hall–Kier alpha value is -4.58. The molecule has 2 fully saturated rings. The normalized spacial score (nSPS) is 25.5. The van der Waals surface area contributed by atoms with E-state index in [4.69, 9.17) is 9.47 Å². The van der Waals surface area contributed by atoms with Gasteiger partial charge in [0.25, 0.3) is 11.8 Å². The van der Waals surface area contributed by atoms with Crippen molar-refractivity contribution < 1.29 is 33.1 Å². The molecule has 11 heteroatoms. The largest absolute Gasteiger partial charge is 0.497 e. The number of methoxy groups -OCH3 is 1. The maximum Gasteiger partial charge on any atom is 0.264 e. The van der Waals surface area contributed by atoms with Crippen molar-refractivity contribution in [3.05, 3.63) is 95.6 Å². The van der Waals surface area contributed by atoms with Gasteiger partial charge in [-0.3, -0.25) is 19.3 Å². The second-order valence-electron chi connectivity index (χ2n) is 14.8. The van der Waals surface area contributed by atoms with Gasteiger partial charge in [-0.25, -0.2) is 0 Å². The lowest BCUT2D eigenvalue weighted by Gasteiger charge is -2.31. The van der Waals surface area contributed by atoms with Crippen LogP contribution in [0.4, 0.5) is 21.2 Å². The molecular weight excluding hydrogens is 666 g/mol. The predicted molar refractivity (Wildman–Crippen MR) is 196 cm³/mol. The Morgan fingerprint density at radius 2 is 1.80 bits per heavy atom. The van der Waals surface area contributed by atoms with Crippen LogP contribution in [0.1, 0.15) is 47.7 Å². The lowest BCUT2D eigenvalue weighted by molar-refractivity contribution is -0.150. The number of carbonyl (C=O) groups excluding carboxylic acids is 3. The number of ether oxygens (including phenoxy) is 2. The monoisotopic (exact) mass is 707 g/mol. The van der Waals surface area contributed by atoms with Gasteiger partial charge in [-0.05, 0) is 79.3 Å². The molecule has 1 N–H and O–H groups in total. The van der Waals surface area contributed by atoms with Crippen molar-refractivity contribution in [1.29, 1.82) is 0 Å². The SMILES string of the molecule is COc1ccc2c(c1)[C@@]1(O[C@H](CC(=O)N3CCC[C@H]3CO)[C@@H]([Si](C)(C)F)[C@@H]1C)C(=O)N2Cc1cccc(N2C(=O)c3cccc4cccc2c34)c1. The number of rotatable bonds is 8. The summed E-state index contributed by atoms with van der Waals surface area (Å²) in [5.74, 6) is -0.652. The average Bonchev–Trinajstić information content (AvgIpc) is 3.85. The third kappa shape index (κ3) is 5.11. The Morgan fingerprint density at radius 1 is 1.04 bits per heavy atom. The smallest absolute Gasteiger partial charge is 0.264 e. The molecule has 264 valence electrons. The summed E-state index contributed by atoms with van der Waals surface area (Å²) >= 11 is 0. The number of aliphatic hydroxyl groups is 1. The standard InChI is InChI=1S/C40H42FN3O6Si/c1-24-37(51(3,4)41)34(21-35(46)42-18-8-13-28(42)23-45)50-40(24)31-20-29(49-2)16-17-32(31)43(39(40)48)22-25-9-5-12-27(19-25)44-33-15-7-11-26-10-6-14-30(36(26)33)38(44)47/h5-7,9-12,14-17,19-20,24,28,34,37,45H,8,13,18,21-23H2,1-4H3/t24-,28-,34+,37-,40+/m0/s1. The van der Waals surface area contributed by atoms with Crippen LogP contribution in [0.25, 0.3) is 10.8 Å².